The van der Waals surface area contributed by atoms with Crippen molar-refractivity contribution in [1.29, 1.82) is 0 Å². The molecule has 0 radical (unpaired) electrons. The molecule has 1 N–H and O–H groups in total. The van der Waals surface area contributed by atoms with Crippen LogP contribution in [0.1, 0.15) is 26.2 Å². The summed E-state index contributed by atoms with van der Waals surface area (Å²) in [6, 6.07) is 5.20. The molecule has 2 fully saturated rings. The molecule has 0 aromatic heterocycles. The van der Waals surface area contributed by atoms with Gasteiger partial charge in [-0.3, -0.25) is 9.59 Å². The minimum Gasteiger partial charge on any atom is -0.466 e. The van der Waals surface area contributed by atoms with Gasteiger partial charge in [0.15, 0.2) is 0 Å². The molecule has 2 aliphatic rings. The van der Waals surface area contributed by atoms with E-state index in [9.17, 15) is 18.8 Å². The van der Waals surface area contributed by atoms with E-state index in [1.807, 2.05) is 0 Å². The van der Waals surface area contributed by atoms with Crippen LogP contribution in [-0.4, -0.2) is 55.1 Å². The van der Waals surface area contributed by atoms with Gasteiger partial charge in [-0.2, -0.15) is 0 Å². The third kappa shape index (κ3) is 4.56. The monoisotopic (exact) mass is 377 g/mol. The Morgan fingerprint density at radius 3 is 2.89 bits per heavy atom. The molecule has 2 atom stereocenters. The van der Waals surface area contributed by atoms with E-state index in [2.05, 4.69) is 5.32 Å². The van der Waals surface area contributed by atoms with E-state index in [0.29, 0.717) is 38.3 Å². The Bertz CT molecular complexity index is 727. The Morgan fingerprint density at radius 2 is 2.15 bits per heavy atom. The van der Waals surface area contributed by atoms with Crippen molar-refractivity contribution in [3.63, 3.8) is 0 Å². The highest BCUT2D eigenvalue weighted by Crippen LogP contribution is 2.23. The molecule has 2 heterocycles. The quantitative estimate of drug-likeness (QED) is 0.813. The van der Waals surface area contributed by atoms with Crippen molar-refractivity contribution in [3.8, 4) is 0 Å². The lowest BCUT2D eigenvalue weighted by atomic mass is 9.98. The number of carbonyl (C=O) groups excluding carboxylic acids is 3. The fraction of sp³-hybridized carbons (Fsp3) is 0.526. The second-order valence-corrected chi connectivity index (χ2v) is 6.87. The minimum atomic E-state index is -0.411. The second-order valence-electron chi connectivity index (χ2n) is 6.87. The van der Waals surface area contributed by atoms with Gasteiger partial charge in [0.25, 0.3) is 0 Å². The van der Waals surface area contributed by atoms with Crippen LogP contribution in [0.5, 0.6) is 0 Å². The third-order valence-corrected chi connectivity index (χ3v) is 4.90. The minimum absolute atomic E-state index is 0.158. The Labute approximate surface area is 157 Å². The number of hydrogen-bond acceptors (Lipinski definition) is 4. The number of anilines is 1. The third-order valence-electron chi connectivity index (χ3n) is 4.90. The average Bonchev–Trinajstić information content (AvgIpc) is 3.02. The molecule has 2 aliphatic heterocycles. The molecule has 3 amide bonds. The summed E-state index contributed by atoms with van der Waals surface area (Å²) in [7, 11) is 0. The molecule has 7 nitrogen and oxygen atoms in total. The van der Waals surface area contributed by atoms with Gasteiger partial charge in [-0.05, 0) is 38.0 Å². The molecule has 0 bridgehead atoms. The highest BCUT2D eigenvalue weighted by Gasteiger charge is 2.34. The Kier molecular flexibility index (Phi) is 5.93. The van der Waals surface area contributed by atoms with Gasteiger partial charge in [0.2, 0.25) is 5.91 Å². The molecule has 0 spiro atoms. The fourth-order valence-corrected chi connectivity index (χ4v) is 3.58. The Morgan fingerprint density at radius 1 is 1.33 bits per heavy atom. The molecule has 27 heavy (non-hydrogen) atoms. The molecule has 0 unspecified atom stereocenters. The number of esters is 1. The molecule has 3 rings (SSSR count). The number of urea groups is 1. The van der Waals surface area contributed by atoms with Gasteiger partial charge in [0, 0.05) is 31.7 Å². The number of piperidine rings is 1. The number of benzene rings is 1. The number of nitrogens with one attached hydrogen (secondary N) is 1. The Hall–Kier alpha value is -2.64. The maximum absolute atomic E-state index is 13.4. The highest BCUT2D eigenvalue weighted by molar-refractivity contribution is 5.96. The van der Waals surface area contributed by atoms with E-state index in [-0.39, 0.29) is 36.3 Å². The van der Waals surface area contributed by atoms with Crippen LogP contribution in [0.15, 0.2) is 24.3 Å². The summed E-state index contributed by atoms with van der Waals surface area (Å²) in [5.74, 6) is -1.15. The lowest BCUT2D eigenvalue weighted by molar-refractivity contribution is -0.149. The zero-order chi connectivity index (χ0) is 19.4. The van der Waals surface area contributed by atoms with E-state index in [1.165, 1.54) is 17.0 Å². The molecule has 8 heteroatoms. The summed E-state index contributed by atoms with van der Waals surface area (Å²) in [6.45, 7) is 3.26. The van der Waals surface area contributed by atoms with Crippen molar-refractivity contribution in [2.45, 2.75) is 32.2 Å². The predicted molar refractivity (Wildman–Crippen MR) is 96.6 cm³/mol. The number of ether oxygens (including phenoxy) is 1. The summed E-state index contributed by atoms with van der Waals surface area (Å²) >= 11 is 0. The fourth-order valence-electron chi connectivity index (χ4n) is 3.58. The average molecular weight is 377 g/mol. The molecule has 0 saturated carbocycles. The summed E-state index contributed by atoms with van der Waals surface area (Å²) in [5, 5.41) is 2.86. The van der Waals surface area contributed by atoms with Crippen LogP contribution < -0.4 is 10.2 Å². The van der Waals surface area contributed by atoms with Crippen molar-refractivity contribution in [2.75, 3.05) is 31.1 Å². The lowest BCUT2D eigenvalue weighted by Crippen LogP contribution is -2.50. The van der Waals surface area contributed by atoms with Crippen LogP contribution in [0.25, 0.3) is 0 Å². The molecule has 2 saturated heterocycles. The van der Waals surface area contributed by atoms with E-state index in [1.54, 1.807) is 24.0 Å². The standard InChI is InChI=1S/C19H24FN3O4/c1-2-27-18(25)13-5-4-8-22(11-13)19(26)21-15-10-17(24)23(12-15)16-7-3-6-14(20)9-16/h3,6-7,9,13,15H,2,4-5,8,10-12H2,1H3,(H,21,26)/t13-,15-/m0/s1. The first-order valence-corrected chi connectivity index (χ1v) is 9.26. The van der Waals surface area contributed by atoms with Crippen molar-refractivity contribution in [1.82, 2.24) is 10.2 Å². The van der Waals surface area contributed by atoms with Gasteiger partial charge in [-0.25, -0.2) is 9.18 Å². The Balaban J connectivity index is 1.56. The van der Waals surface area contributed by atoms with Crippen LogP contribution in [0.2, 0.25) is 0 Å². The van der Waals surface area contributed by atoms with Crippen LogP contribution in [0, 0.1) is 11.7 Å². The number of hydrogen-bond donors (Lipinski definition) is 1. The van der Waals surface area contributed by atoms with Gasteiger partial charge < -0.3 is 19.9 Å². The van der Waals surface area contributed by atoms with Crippen LogP contribution in [0.3, 0.4) is 0 Å². The van der Waals surface area contributed by atoms with Gasteiger partial charge in [0.1, 0.15) is 5.82 Å². The number of carbonyl (C=O) groups is 3. The first kappa shape index (κ1) is 19.1. The van der Waals surface area contributed by atoms with Crippen molar-refractivity contribution in [2.24, 2.45) is 5.92 Å². The number of likely N-dealkylation sites (tertiary alicyclic amines) is 1. The molecule has 0 aliphatic carbocycles. The van der Waals surface area contributed by atoms with E-state index in [0.717, 1.165) is 6.42 Å². The lowest BCUT2D eigenvalue weighted by Gasteiger charge is -2.32. The van der Waals surface area contributed by atoms with Crippen LogP contribution in [0.4, 0.5) is 14.9 Å². The number of halogens is 1. The zero-order valence-corrected chi connectivity index (χ0v) is 15.3. The van der Waals surface area contributed by atoms with Gasteiger partial charge in [-0.1, -0.05) is 6.07 Å². The summed E-state index contributed by atoms with van der Waals surface area (Å²) in [5.41, 5.74) is 0.483. The maximum atomic E-state index is 13.4. The maximum Gasteiger partial charge on any atom is 0.317 e. The summed E-state index contributed by atoms with van der Waals surface area (Å²) in [6.07, 6.45) is 1.60. The van der Waals surface area contributed by atoms with Gasteiger partial charge >= 0.3 is 12.0 Å². The smallest absolute Gasteiger partial charge is 0.317 e. The normalized spacial score (nSPS) is 22.7. The van der Waals surface area contributed by atoms with Crippen LogP contribution >= 0.6 is 0 Å². The molecule has 1 aromatic rings. The largest absolute Gasteiger partial charge is 0.466 e. The van der Waals surface area contributed by atoms with Gasteiger partial charge in [0.05, 0.1) is 18.6 Å². The molecular weight excluding hydrogens is 353 g/mol. The highest BCUT2D eigenvalue weighted by atomic mass is 19.1. The predicted octanol–water partition coefficient (Wildman–Crippen LogP) is 1.92. The molecular formula is C19H24FN3O4. The second kappa shape index (κ2) is 8.37. The first-order chi connectivity index (χ1) is 13.0. The SMILES string of the molecule is CCOC(=O)[C@H]1CCCN(C(=O)N[C@H]2CC(=O)N(c3cccc(F)c3)C2)C1. The number of nitrogens with zero attached hydrogens (tertiary/aromatic N) is 2. The van der Waals surface area contributed by atoms with Gasteiger partial charge in [-0.15, -0.1) is 0 Å². The number of rotatable bonds is 4. The van der Waals surface area contributed by atoms with E-state index in [4.69, 9.17) is 4.74 Å². The molecule has 1 aromatic carbocycles. The van der Waals surface area contributed by atoms with E-state index >= 15 is 0 Å². The summed E-state index contributed by atoms with van der Waals surface area (Å²) in [4.78, 5) is 39.8. The first-order valence-electron chi connectivity index (χ1n) is 9.26. The summed E-state index contributed by atoms with van der Waals surface area (Å²) < 4.78 is 18.5. The van der Waals surface area contributed by atoms with Crippen molar-refractivity contribution < 1.29 is 23.5 Å². The molecule has 146 valence electrons. The topological polar surface area (TPSA) is 79.0 Å². The van der Waals surface area contributed by atoms with E-state index < -0.39 is 5.82 Å². The van der Waals surface area contributed by atoms with Crippen molar-refractivity contribution in [3.05, 3.63) is 30.1 Å². The number of amides is 3. The van der Waals surface area contributed by atoms with Crippen LogP contribution in [-0.2, 0) is 14.3 Å². The van der Waals surface area contributed by atoms with Crippen molar-refractivity contribution >= 4 is 23.6 Å². The zero-order valence-electron chi connectivity index (χ0n) is 15.3.